The van der Waals surface area contributed by atoms with Gasteiger partial charge < -0.3 is 14.9 Å². The first-order valence-electron chi connectivity index (χ1n) is 8.37. The summed E-state index contributed by atoms with van der Waals surface area (Å²) in [5.41, 5.74) is 5.01. The number of primary amides is 1. The summed E-state index contributed by atoms with van der Waals surface area (Å²) in [5, 5.41) is 0. The second kappa shape index (κ2) is 6.73. The highest BCUT2D eigenvalue weighted by atomic mass is 19.4. The molecule has 1 amide bonds. The van der Waals surface area contributed by atoms with Crippen molar-refractivity contribution >= 4 is 16.9 Å². The summed E-state index contributed by atoms with van der Waals surface area (Å²) in [5.74, 6) is -1.79. The Hall–Kier alpha value is -3.69. The predicted octanol–water partition coefficient (Wildman–Crippen LogP) is 3.53. The summed E-state index contributed by atoms with van der Waals surface area (Å²) in [6.07, 6.45) is 1.23. The van der Waals surface area contributed by atoms with Gasteiger partial charge in [0.2, 0.25) is 0 Å². The van der Waals surface area contributed by atoms with Crippen molar-refractivity contribution in [3.63, 3.8) is 0 Å². The highest BCUT2D eigenvalue weighted by Gasteiger charge is 2.34. The van der Waals surface area contributed by atoms with Crippen molar-refractivity contribution in [3.8, 4) is 5.69 Å². The van der Waals surface area contributed by atoms with E-state index in [9.17, 15) is 22.4 Å². The van der Waals surface area contributed by atoms with Crippen LogP contribution < -0.4 is 5.73 Å². The Morgan fingerprint density at radius 1 is 1.17 bits per heavy atom. The smallest absolute Gasteiger partial charge is 0.366 e. The highest BCUT2D eigenvalue weighted by Crippen LogP contribution is 2.34. The van der Waals surface area contributed by atoms with Crippen LogP contribution in [-0.4, -0.2) is 25.0 Å². The predicted molar refractivity (Wildman–Crippen MR) is 95.9 cm³/mol. The molecule has 0 bridgehead atoms. The number of hydrogen-bond acceptors (Lipinski definition) is 3. The fraction of sp³-hybridized carbons (Fsp3) is 0.105. The van der Waals surface area contributed by atoms with Gasteiger partial charge in [0.1, 0.15) is 5.82 Å². The Bertz CT molecular complexity index is 1210. The molecule has 0 aliphatic carbocycles. The van der Waals surface area contributed by atoms with E-state index in [4.69, 9.17) is 5.73 Å². The van der Waals surface area contributed by atoms with Crippen LogP contribution in [0.2, 0.25) is 0 Å². The van der Waals surface area contributed by atoms with Gasteiger partial charge in [-0.2, -0.15) is 13.2 Å². The molecule has 0 atom stereocenters. The van der Waals surface area contributed by atoms with Crippen LogP contribution in [0.4, 0.5) is 17.6 Å². The molecule has 0 radical (unpaired) electrons. The van der Waals surface area contributed by atoms with Gasteiger partial charge in [-0.15, -0.1) is 0 Å². The van der Waals surface area contributed by atoms with Gasteiger partial charge in [0.15, 0.2) is 0 Å². The summed E-state index contributed by atoms with van der Waals surface area (Å²) in [6.45, 7) is -0.470. The van der Waals surface area contributed by atoms with Crippen molar-refractivity contribution < 1.29 is 22.4 Å². The molecule has 2 heterocycles. The van der Waals surface area contributed by atoms with Crippen molar-refractivity contribution in [2.24, 2.45) is 5.73 Å². The van der Waals surface area contributed by atoms with Gasteiger partial charge in [0.25, 0.3) is 5.91 Å². The minimum Gasteiger partial charge on any atom is -0.366 e. The van der Waals surface area contributed by atoms with E-state index in [2.05, 4.69) is 9.97 Å². The number of aromatic nitrogens is 4. The van der Waals surface area contributed by atoms with Gasteiger partial charge in [-0.1, -0.05) is 6.07 Å². The van der Waals surface area contributed by atoms with Crippen molar-refractivity contribution in [2.75, 3.05) is 0 Å². The number of carbonyl (C=O) groups excluding carboxylic acids is 1. The van der Waals surface area contributed by atoms with Crippen molar-refractivity contribution in [1.29, 1.82) is 0 Å². The van der Waals surface area contributed by atoms with Crippen LogP contribution in [0, 0.1) is 5.82 Å². The Labute approximate surface area is 161 Å². The fourth-order valence-corrected chi connectivity index (χ4v) is 3.22. The second-order valence-corrected chi connectivity index (χ2v) is 6.33. The molecule has 0 aliphatic rings. The third-order valence-corrected chi connectivity index (χ3v) is 4.52. The number of fused-ring (bicyclic) bond motifs is 1. The number of nitrogens with two attached hydrogens (primary N) is 1. The Balaban J connectivity index is 1.88. The number of nitrogens with zero attached hydrogens (tertiary/aromatic N) is 4. The largest absolute Gasteiger partial charge is 0.416 e. The standard InChI is InChI=1S/C19H13F4N5O/c20-15-3-1-2-14(19(21,22)23)13(15)8-28-10-26-16-7-11(27-5-4-25-9-27)6-12(17(16)28)18(24)29/h1-7,9-10H,8H2,(H2,24,29). The quantitative estimate of drug-likeness (QED) is 0.530. The number of rotatable bonds is 4. The van der Waals surface area contributed by atoms with Gasteiger partial charge in [0.05, 0.1) is 41.4 Å². The molecule has 10 heteroatoms. The third kappa shape index (κ3) is 3.33. The molecule has 0 fully saturated rings. The number of imidazole rings is 2. The maximum Gasteiger partial charge on any atom is 0.416 e. The Kier molecular flexibility index (Phi) is 4.33. The van der Waals surface area contributed by atoms with Crippen LogP contribution in [0.25, 0.3) is 16.7 Å². The second-order valence-electron chi connectivity index (χ2n) is 6.33. The van der Waals surface area contributed by atoms with Crippen LogP contribution in [0.1, 0.15) is 21.5 Å². The molecule has 0 aliphatic heterocycles. The minimum atomic E-state index is -4.73. The molecular weight excluding hydrogens is 390 g/mol. The summed E-state index contributed by atoms with van der Waals surface area (Å²) in [6, 6.07) is 5.88. The van der Waals surface area contributed by atoms with Crippen LogP contribution in [0.5, 0.6) is 0 Å². The van der Waals surface area contributed by atoms with Gasteiger partial charge >= 0.3 is 6.18 Å². The van der Waals surface area contributed by atoms with Crippen molar-refractivity contribution in [3.05, 3.63) is 77.9 Å². The lowest BCUT2D eigenvalue weighted by Crippen LogP contribution is -2.16. The highest BCUT2D eigenvalue weighted by molar-refractivity contribution is 6.05. The first-order chi connectivity index (χ1) is 13.8. The van der Waals surface area contributed by atoms with Gasteiger partial charge in [0, 0.05) is 23.6 Å². The molecule has 6 nitrogen and oxygen atoms in total. The van der Waals surface area contributed by atoms with Gasteiger partial charge in [-0.05, 0) is 24.3 Å². The molecule has 2 aromatic heterocycles. The van der Waals surface area contributed by atoms with Crippen LogP contribution >= 0.6 is 0 Å². The van der Waals surface area contributed by atoms with Gasteiger partial charge in [-0.3, -0.25) is 4.79 Å². The zero-order valence-electron chi connectivity index (χ0n) is 14.7. The molecular formula is C19H13F4N5O. The molecule has 4 aromatic rings. The number of benzene rings is 2. The van der Waals surface area contributed by atoms with E-state index in [0.29, 0.717) is 11.2 Å². The summed E-state index contributed by atoms with van der Waals surface area (Å²) in [7, 11) is 0. The number of alkyl halides is 3. The summed E-state index contributed by atoms with van der Waals surface area (Å²) >= 11 is 0. The van der Waals surface area contributed by atoms with E-state index in [-0.39, 0.29) is 11.1 Å². The topological polar surface area (TPSA) is 78.7 Å². The SMILES string of the molecule is NC(=O)c1cc(-n2ccnc2)cc2ncn(Cc3c(F)cccc3C(F)(F)F)c12. The normalized spacial score (nSPS) is 11.9. The first-order valence-corrected chi connectivity index (χ1v) is 8.37. The monoisotopic (exact) mass is 403 g/mol. The molecule has 148 valence electrons. The number of hydrogen-bond donors (Lipinski definition) is 1. The zero-order valence-corrected chi connectivity index (χ0v) is 14.7. The number of amides is 1. The maximum atomic E-state index is 14.2. The molecule has 2 aromatic carbocycles. The Morgan fingerprint density at radius 3 is 2.62 bits per heavy atom. The van der Waals surface area contributed by atoms with Crippen molar-refractivity contribution in [2.45, 2.75) is 12.7 Å². The lowest BCUT2D eigenvalue weighted by Gasteiger charge is -2.15. The number of carbonyl (C=O) groups is 1. The Morgan fingerprint density at radius 2 is 1.97 bits per heavy atom. The van der Waals surface area contributed by atoms with Crippen LogP contribution in [0.3, 0.4) is 0 Å². The third-order valence-electron chi connectivity index (χ3n) is 4.52. The zero-order chi connectivity index (χ0) is 20.8. The van der Waals surface area contributed by atoms with E-state index in [1.807, 2.05) is 0 Å². The maximum absolute atomic E-state index is 14.2. The summed E-state index contributed by atoms with van der Waals surface area (Å²) in [4.78, 5) is 20.1. The van der Waals surface area contributed by atoms with E-state index >= 15 is 0 Å². The average molecular weight is 403 g/mol. The lowest BCUT2D eigenvalue weighted by atomic mass is 10.1. The molecule has 0 spiro atoms. The number of halogens is 4. The minimum absolute atomic E-state index is 0.0496. The first kappa shape index (κ1) is 18.7. The molecule has 4 rings (SSSR count). The molecule has 0 unspecified atom stereocenters. The average Bonchev–Trinajstić information content (AvgIpc) is 3.32. The molecule has 0 saturated heterocycles. The van der Waals surface area contributed by atoms with E-state index in [0.717, 1.165) is 18.2 Å². The molecule has 0 saturated carbocycles. The van der Waals surface area contributed by atoms with E-state index < -0.39 is 35.6 Å². The van der Waals surface area contributed by atoms with Gasteiger partial charge in [-0.25, -0.2) is 14.4 Å². The van der Waals surface area contributed by atoms with Crippen LogP contribution in [-0.2, 0) is 12.7 Å². The van der Waals surface area contributed by atoms with E-state index in [1.165, 1.54) is 23.3 Å². The molecule has 2 N–H and O–H groups in total. The van der Waals surface area contributed by atoms with E-state index in [1.54, 1.807) is 23.0 Å². The summed E-state index contributed by atoms with van der Waals surface area (Å²) < 4.78 is 57.1. The van der Waals surface area contributed by atoms with Crippen molar-refractivity contribution in [1.82, 2.24) is 19.1 Å². The molecule has 29 heavy (non-hydrogen) atoms. The lowest BCUT2D eigenvalue weighted by molar-refractivity contribution is -0.138. The van der Waals surface area contributed by atoms with Crippen LogP contribution in [0.15, 0.2) is 55.4 Å². The fourth-order valence-electron chi connectivity index (χ4n) is 3.22.